The van der Waals surface area contributed by atoms with Crippen molar-refractivity contribution >= 4 is 0 Å². The second-order valence-electron chi connectivity index (χ2n) is 8.05. The zero-order valence-electron chi connectivity index (χ0n) is 16.6. The molecule has 14 nitrogen and oxygen atoms in total. The molecule has 0 amide bonds. The Morgan fingerprint density at radius 3 is 2.16 bits per heavy atom. The minimum absolute atomic E-state index is 0.455. The maximum absolute atomic E-state index is 10.4. The molecular weight excluding hydrogens is 428 g/mol. The summed E-state index contributed by atoms with van der Waals surface area (Å²) in [6, 6.07) is 0. The zero-order valence-corrected chi connectivity index (χ0v) is 16.6. The maximum Gasteiger partial charge on any atom is 0.187 e. The van der Waals surface area contributed by atoms with Gasteiger partial charge in [-0.1, -0.05) is 0 Å². The van der Waals surface area contributed by atoms with E-state index in [-0.39, 0.29) is 0 Å². The van der Waals surface area contributed by atoms with E-state index in [1.165, 1.54) is 6.92 Å². The highest BCUT2D eigenvalue weighted by Gasteiger charge is 2.53. The molecule has 0 radical (unpaired) electrons. The third-order valence-electron chi connectivity index (χ3n) is 5.77. The first-order chi connectivity index (χ1) is 14.5. The Bertz CT molecular complexity index is 595. The average molecular weight is 458 g/mol. The van der Waals surface area contributed by atoms with Crippen molar-refractivity contribution < 1.29 is 69.6 Å². The van der Waals surface area contributed by atoms with Crippen molar-refractivity contribution in [2.75, 3.05) is 19.8 Å². The van der Waals surface area contributed by atoms with Gasteiger partial charge in [-0.15, -0.1) is 0 Å². The Morgan fingerprint density at radius 1 is 0.871 bits per heavy atom. The predicted molar refractivity (Wildman–Crippen MR) is 93.9 cm³/mol. The molecule has 3 heterocycles. The predicted octanol–water partition coefficient (Wildman–Crippen LogP) is -5.90. The Morgan fingerprint density at radius 2 is 1.55 bits per heavy atom. The van der Waals surface area contributed by atoms with Gasteiger partial charge >= 0.3 is 0 Å². The molecule has 14 heteroatoms. The van der Waals surface area contributed by atoms with E-state index in [1.54, 1.807) is 0 Å². The van der Waals surface area contributed by atoms with Crippen LogP contribution in [0.2, 0.25) is 0 Å². The molecule has 0 aliphatic carbocycles. The van der Waals surface area contributed by atoms with Crippen LogP contribution in [0.25, 0.3) is 0 Å². The molecule has 9 N–H and O–H groups in total. The van der Waals surface area contributed by atoms with Gasteiger partial charge in [-0.3, -0.25) is 0 Å². The Kier molecular flexibility index (Phi) is 7.88. The van der Waals surface area contributed by atoms with Crippen molar-refractivity contribution in [3.63, 3.8) is 0 Å². The van der Waals surface area contributed by atoms with E-state index in [9.17, 15) is 46.0 Å². The van der Waals surface area contributed by atoms with Crippen LogP contribution in [0, 0.1) is 0 Å². The summed E-state index contributed by atoms with van der Waals surface area (Å²) >= 11 is 0. The maximum atomic E-state index is 10.4. The largest absolute Gasteiger partial charge is 0.393 e. The lowest BCUT2D eigenvalue weighted by Crippen LogP contribution is -2.62. The molecule has 3 fully saturated rings. The summed E-state index contributed by atoms with van der Waals surface area (Å²) in [5.41, 5.74) is -1.99. The molecule has 13 atom stereocenters. The monoisotopic (exact) mass is 458 g/mol. The van der Waals surface area contributed by atoms with E-state index >= 15 is 0 Å². The zero-order chi connectivity index (χ0) is 23.1. The van der Waals surface area contributed by atoms with E-state index in [2.05, 4.69) is 0 Å². The Hall–Kier alpha value is -0.560. The SMILES string of the molecule is C[C@@H]1O[C@@H](OC[C@H]2OC(O)[C@H](O)[C@@H](O)[C@@H]2O)[C@H](O[C@@H]2OC[C@](O)(CO)[C@H]2O)[C@H](O)[C@H]1O. The van der Waals surface area contributed by atoms with Crippen LogP contribution < -0.4 is 0 Å². The van der Waals surface area contributed by atoms with Crippen LogP contribution >= 0.6 is 0 Å². The van der Waals surface area contributed by atoms with Crippen molar-refractivity contribution in [2.45, 2.75) is 86.3 Å². The van der Waals surface area contributed by atoms with Gasteiger partial charge in [0, 0.05) is 0 Å². The standard InChI is InChI=1S/C17H30O14/c1-5-7(19)10(22)12(31-16-13(24)17(26,3-18)4-28-16)15(29-5)27-2-6-8(20)9(21)11(23)14(25)30-6/h5-16,18-26H,2-4H2,1H3/t5-,6+,7-,8+,9-,10+,11+,12+,13-,14?,15+,16-,17+/m0/s1. The molecule has 0 bridgehead atoms. The summed E-state index contributed by atoms with van der Waals surface area (Å²) in [6.45, 7) is -0.313. The van der Waals surface area contributed by atoms with Crippen LogP contribution in [0.4, 0.5) is 0 Å². The molecule has 1 unspecified atom stereocenters. The number of hydrogen-bond acceptors (Lipinski definition) is 14. The Labute approximate surface area is 176 Å². The molecule has 0 aromatic rings. The number of hydrogen-bond donors (Lipinski definition) is 9. The second-order valence-corrected chi connectivity index (χ2v) is 8.05. The van der Waals surface area contributed by atoms with Crippen molar-refractivity contribution in [3.8, 4) is 0 Å². The van der Waals surface area contributed by atoms with Gasteiger partial charge in [0.1, 0.15) is 54.4 Å². The topological polar surface area (TPSA) is 228 Å². The van der Waals surface area contributed by atoms with Gasteiger partial charge in [-0.25, -0.2) is 0 Å². The first-order valence-electron chi connectivity index (χ1n) is 9.79. The van der Waals surface area contributed by atoms with E-state index in [4.69, 9.17) is 23.7 Å². The van der Waals surface area contributed by atoms with Gasteiger partial charge in [-0.05, 0) is 6.92 Å². The fourth-order valence-corrected chi connectivity index (χ4v) is 3.60. The smallest absolute Gasteiger partial charge is 0.187 e. The van der Waals surface area contributed by atoms with Gasteiger partial charge in [-0.2, -0.15) is 0 Å². The molecule has 3 saturated heterocycles. The number of rotatable bonds is 6. The first kappa shape index (κ1) is 25.1. The molecule has 31 heavy (non-hydrogen) atoms. The van der Waals surface area contributed by atoms with Crippen molar-refractivity contribution in [1.82, 2.24) is 0 Å². The van der Waals surface area contributed by atoms with Crippen LogP contribution in [0.1, 0.15) is 6.92 Å². The summed E-state index contributed by atoms with van der Waals surface area (Å²) in [7, 11) is 0. The van der Waals surface area contributed by atoms with Crippen LogP contribution in [-0.2, 0) is 23.7 Å². The molecule has 3 rings (SSSR count). The van der Waals surface area contributed by atoms with E-state index in [0.29, 0.717) is 0 Å². The molecule has 3 aliphatic heterocycles. The molecule has 0 aromatic carbocycles. The number of aliphatic hydroxyl groups is 9. The number of ether oxygens (including phenoxy) is 5. The molecule has 0 aromatic heterocycles. The second kappa shape index (κ2) is 9.74. The highest BCUT2D eigenvalue weighted by molar-refractivity contribution is 4.96. The molecule has 0 saturated carbocycles. The molecule has 0 spiro atoms. The van der Waals surface area contributed by atoms with Gasteiger partial charge < -0.3 is 69.6 Å². The summed E-state index contributed by atoms with van der Waals surface area (Å²) < 4.78 is 26.6. The van der Waals surface area contributed by atoms with Crippen molar-refractivity contribution in [3.05, 3.63) is 0 Å². The van der Waals surface area contributed by atoms with E-state index in [1.807, 2.05) is 0 Å². The highest BCUT2D eigenvalue weighted by Crippen LogP contribution is 2.31. The van der Waals surface area contributed by atoms with Crippen molar-refractivity contribution in [2.24, 2.45) is 0 Å². The van der Waals surface area contributed by atoms with Crippen molar-refractivity contribution in [1.29, 1.82) is 0 Å². The van der Waals surface area contributed by atoms with Gasteiger partial charge in [0.2, 0.25) is 0 Å². The van der Waals surface area contributed by atoms with Crippen LogP contribution in [-0.4, -0.2) is 145 Å². The third kappa shape index (κ3) is 4.87. The molecular formula is C17H30O14. The molecule has 182 valence electrons. The quantitative estimate of drug-likeness (QED) is 0.181. The fraction of sp³-hybridized carbons (Fsp3) is 1.00. The van der Waals surface area contributed by atoms with E-state index in [0.717, 1.165) is 0 Å². The molecule has 3 aliphatic rings. The lowest BCUT2D eigenvalue weighted by molar-refractivity contribution is -0.344. The minimum Gasteiger partial charge on any atom is -0.393 e. The van der Waals surface area contributed by atoms with Gasteiger partial charge in [0.25, 0.3) is 0 Å². The summed E-state index contributed by atoms with van der Waals surface area (Å²) in [5.74, 6) is 0. The lowest BCUT2D eigenvalue weighted by atomic mass is 9.98. The number of aliphatic hydroxyl groups excluding tert-OH is 8. The van der Waals surface area contributed by atoms with Crippen LogP contribution in [0.15, 0.2) is 0 Å². The Balaban J connectivity index is 1.68. The van der Waals surface area contributed by atoms with Crippen LogP contribution in [0.3, 0.4) is 0 Å². The van der Waals surface area contributed by atoms with Crippen LogP contribution in [0.5, 0.6) is 0 Å². The van der Waals surface area contributed by atoms with Gasteiger partial charge in [0.15, 0.2) is 18.9 Å². The minimum atomic E-state index is -1.99. The fourth-order valence-electron chi connectivity index (χ4n) is 3.60. The summed E-state index contributed by atoms with van der Waals surface area (Å²) in [4.78, 5) is 0. The normalized spacial score (nSPS) is 53.6. The lowest BCUT2D eigenvalue weighted by Gasteiger charge is -2.43. The summed E-state index contributed by atoms with van der Waals surface area (Å²) in [5, 5.41) is 89.0. The third-order valence-corrected chi connectivity index (χ3v) is 5.77. The van der Waals surface area contributed by atoms with E-state index < -0.39 is 99.2 Å². The summed E-state index contributed by atoms with van der Waals surface area (Å²) in [6.07, 6.45) is -18.1. The highest BCUT2D eigenvalue weighted by atomic mass is 16.8. The average Bonchev–Trinajstić information content (AvgIpc) is 3.03. The van der Waals surface area contributed by atoms with Gasteiger partial charge in [0.05, 0.1) is 25.9 Å². The first-order valence-corrected chi connectivity index (χ1v) is 9.79.